The van der Waals surface area contributed by atoms with Crippen LogP contribution in [0.25, 0.3) is 0 Å². The van der Waals surface area contributed by atoms with Crippen molar-refractivity contribution in [2.75, 3.05) is 6.54 Å². The molecule has 0 unspecified atom stereocenters. The molecule has 0 bridgehead atoms. The van der Waals surface area contributed by atoms with Gasteiger partial charge in [0.15, 0.2) is 0 Å². The first-order chi connectivity index (χ1) is 14.1. The van der Waals surface area contributed by atoms with Crippen molar-refractivity contribution in [3.63, 3.8) is 0 Å². The van der Waals surface area contributed by atoms with E-state index in [4.69, 9.17) is 0 Å². The van der Waals surface area contributed by atoms with E-state index in [1.165, 1.54) is 11.0 Å². The van der Waals surface area contributed by atoms with Crippen molar-refractivity contribution < 1.29 is 14.0 Å². The Morgan fingerprint density at radius 2 is 1.69 bits per heavy atom. The van der Waals surface area contributed by atoms with Gasteiger partial charge in [-0.3, -0.25) is 9.59 Å². The molecule has 0 saturated heterocycles. The molecule has 2 amide bonds. The monoisotopic (exact) mass is 398 g/mol. The standard InChI is InChI=1S/C24H31FN2O2/c1-3-5-16-26-24(29)22(17-19-12-7-6-8-13-19)27(23(28)11-4-2)18-20-14-9-10-15-21(20)25/h6-10,12-15,22H,3-5,11,16-18H2,1-2H3,(H,26,29)/t22-/m1/s1. The number of benzene rings is 2. The Kier molecular flexibility index (Phi) is 9.35. The molecular weight excluding hydrogens is 367 g/mol. The van der Waals surface area contributed by atoms with E-state index in [1.807, 2.05) is 37.3 Å². The number of carbonyl (C=O) groups excluding carboxylic acids is 2. The summed E-state index contributed by atoms with van der Waals surface area (Å²) in [5, 5.41) is 2.96. The van der Waals surface area contributed by atoms with Crippen molar-refractivity contribution in [2.24, 2.45) is 0 Å². The van der Waals surface area contributed by atoms with Gasteiger partial charge in [-0.1, -0.05) is 68.8 Å². The van der Waals surface area contributed by atoms with Crippen molar-refractivity contribution in [2.45, 2.75) is 58.5 Å². The van der Waals surface area contributed by atoms with Crippen molar-refractivity contribution in [3.05, 3.63) is 71.5 Å². The number of nitrogens with zero attached hydrogens (tertiary/aromatic N) is 1. The second kappa shape index (κ2) is 12.0. The quantitative estimate of drug-likeness (QED) is 0.567. The zero-order valence-corrected chi connectivity index (χ0v) is 17.4. The van der Waals surface area contributed by atoms with Crippen LogP contribution in [0.5, 0.6) is 0 Å². The summed E-state index contributed by atoms with van der Waals surface area (Å²) in [5.41, 5.74) is 1.38. The fraction of sp³-hybridized carbons (Fsp3) is 0.417. The smallest absolute Gasteiger partial charge is 0.243 e. The maximum absolute atomic E-state index is 14.3. The van der Waals surface area contributed by atoms with Crippen LogP contribution in [0.15, 0.2) is 54.6 Å². The molecule has 4 nitrogen and oxygen atoms in total. The first-order valence-corrected chi connectivity index (χ1v) is 10.4. The molecule has 0 fully saturated rings. The van der Waals surface area contributed by atoms with Crippen LogP contribution < -0.4 is 5.32 Å². The summed E-state index contributed by atoms with van der Waals surface area (Å²) in [4.78, 5) is 27.5. The summed E-state index contributed by atoms with van der Waals surface area (Å²) >= 11 is 0. The lowest BCUT2D eigenvalue weighted by Gasteiger charge is -2.31. The molecule has 1 N–H and O–H groups in total. The highest BCUT2D eigenvalue weighted by Crippen LogP contribution is 2.18. The number of amides is 2. The number of carbonyl (C=O) groups is 2. The maximum atomic E-state index is 14.3. The summed E-state index contributed by atoms with van der Waals surface area (Å²) < 4.78 is 14.3. The number of nitrogens with one attached hydrogen (secondary N) is 1. The topological polar surface area (TPSA) is 49.4 Å². The van der Waals surface area contributed by atoms with Crippen LogP contribution in [0.2, 0.25) is 0 Å². The zero-order chi connectivity index (χ0) is 21.1. The third kappa shape index (κ3) is 7.00. The molecule has 0 saturated carbocycles. The predicted octanol–water partition coefficient (Wildman–Crippen LogP) is 4.48. The number of hydrogen-bond donors (Lipinski definition) is 1. The van der Waals surface area contributed by atoms with Crippen molar-refractivity contribution in [1.29, 1.82) is 0 Å². The molecule has 1 atom stereocenters. The fourth-order valence-corrected chi connectivity index (χ4v) is 3.23. The van der Waals surface area contributed by atoms with Gasteiger partial charge < -0.3 is 10.2 Å². The first kappa shape index (κ1) is 22.6. The molecule has 0 aliphatic carbocycles. The van der Waals surface area contributed by atoms with Crippen molar-refractivity contribution in [1.82, 2.24) is 10.2 Å². The molecule has 156 valence electrons. The Morgan fingerprint density at radius 1 is 1.00 bits per heavy atom. The van der Waals surface area contributed by atoms with Gasteiger partial charge in [-0.25, -0.2) is 4.39 Å². The van der Waals surface area contributed by atoms with Crippen LogP contribution in [0, 0.1) is 5.82 Å². The summed E-state index contributed by atoms with van der Waals surface area (Å²) in [6, 6.07) is 15.3. The molecule has 2 aromatic rings. The minimum absolute atomic E-state index is 0.0736. The maximum Gasteiger partial charge on any atom is 0.243 e. The minimum atomic E-state index is -0.687. The highest BCUT2D eigenvalue weighted by Gasteiger charge is 2.30. The van der Waals surface area contributed by atoms with Gasteiger partial charge in [0.25, 0.3) is 0 Å². The van der Waals surface area contributed by atoms with Crippen molar-refractivity contribution in [3.8, 4) is 0 Å². The molecule has 0 radical (unpaired) electrons. The van der Waals surface area contributed by atoms with Gasteiger partial charge in [-0.15, -0.1) is 0 Å². The highest BCUT2D eigenvalue weighted by molar-refractivity contribution is 5.88. The predicted molar refractivity (Wildman–Crippen MR) is 114 cm³/mol. The van der Waals surface area contributed by atoms with E-state index >= 15 is 0 Å². The first-order valence-electron chi connectivity index (χ1n) is 10.4. The average molecular weight is 399 g/mol. The van der Waals surface area contributed by atoms with E-state index in [0.29, 0.717) is 31.4 Å². The van der Waals surface area contributed by atoms with E-state index in [0.717, 1.165) is 18.4 Å². The molecule has 0 heterocycles. The van der Waals surface area contributed by atoms with Gasteiger partial charge in [0.05, 0.1) is 0 Å². The zero-order valence-electron chi connectivity index (χ0n) is 17.4. The van der Waals surface area contributed by atoms with Gasteiger partial charge in [0.2, 0.25) is 11.8 Å². The molecule has 0 aliphatic heterocycles. The highest BCUT2D eigenvalue weighted by atomic mass is 19.1. The van der Waals surface area contributed by atoms with Crippen LogP contribution in [0.4, 0.5) is 4.39 Å². The fourth-order valence-electron chi connectivity index (χ4n) is 3.23. The van der Waals surface area contributed by atoms with Gasteiger partial charge in [0, 0.05) is 31.5 Å². The molecule has 5 heteroatoms. The van der Waals surface area contributed by atoms with E-state index in [9.17, 15) is 14.0 Å². The molecule has 2 aromatic carbocycles. The van der Waals surface area contributed by atoms with Gasteiger partial charge in [-0.2, -0.15) is 0 Å². The summed E-state index contributed by atoms with van der Waals surface area (Å²) in [7, 11) is 0. The average Bonchev–Trinajstić information content (AvgIpc) is 2.73. The van der Waals surface area contributed by atoms with Crippen LogP contribution >= 0.6 is 0 Å². The summed E-state index contributed by atoms with van der Waals surface area (Å²) in [6.45, 7) is 4.62. The Hall–Kier alpha value is -2.69. The third-order valence-corrected chi connectivity index (χ3v) is 4.86. The second-order valence-electron chi connectivity index (χ2n) is 7.21. The molecule has 0 aromatic heterocycles. The molecule has 0 spiro atoms. The van der Waals surface area contributed by atoms with Crippen LogP contribution in [0.1, 0.15) is 50.7 Å². The lowest BCUT2D eigenvalue weighted by Crippen LogP contribution is -2.50. The number of halogens is 1. The number of unbranched alkanes of at least 4 members (excludes halogenated alkanes) is 1. The summed E-state index contributed by atoms with van der Waals surface area (Å²) in [6.07, 6.45) is 3.23. The lowest BCUT2D eigenvalue weighted by molar-refractivity contribution is -0.141. The Morgan fingerprint density at radius 3 is 2.34 bits per heavy atom. The normalized spacial score (nSPS) is 11.7. The van der Waals surface area contributed by atoms with Gasteiger partial charge in [0.1, 0.15) is 11.9 Å². The number of hydrogen-bond acceptors (Lipinski definition) is 2. The van der Waals surface area contributed by atoms with E-state index in [2.05, 4.69) is 12.2 Å². The Labute approximate surface area is 173 Å². The largest absolute Gasteiger partial charge is 0.354 e. The second-order valence-corrected chi connectivity index (χ2v) is 7.21. The van der Waals surface area contributed by atoms with Crippen LogP contribution in [-0.2, 0) is 22.6 Å². The third-order valence-electron chi connectivity index (χ3n) is 4.86. The summed E-state index contributed by atoms with van der Waals surface area (Å²) in [5.74, 6) is -0.697. The molecule has 2 rings (SSSR count). The van der Waals surface area contributed by atoms with E-state index in [-0.39, 0.29) is 24.2 Å². The Bertz CT molecular complexity index is 779. The van der Waals surface area contributed by atoms with Crippen LogP contribution in [0.3, 0.4) is 0 Å². The SMILES string of the molecule is CCCCNC(=O)[C@@H](Cc1ccccc1)N(Cc1ccccc1F)C(=O)CCC. The molecule has 29 heavy (non-hydrogen) atoms. The van der Waals surface area contributed by atoms with E-state index in [1.54, 1.807) is 18.2 Å². The molecular formula is C24H31FN2O2. The van der Waals surface area contributed by atoms with Gasteiger partial charge in [-0.05, 0) is 24.5 Å². The Balaban J connectivity index is 2.33. The van der Waals surface area contributed by atoms with E-state index < -0.39 is 6.04 Å². The number of rotatable bonds is 11. The lowest BCUT2D eigenvalue weighted by atomic mass is 10.0. The molecule has 0 aliphatic rings. The van der Waals surface area contributed by atoms with Gasteiger partial charge >= 0.3 is 0 Å². The minimum Gasteiger partial charge on any atom is -0.354 e. The van der Waals surface area contributed by atoms with Crippen molar-refractivity contribution >= 4 is 11.8 Å². The van der Waals surface area contributed by atoms with Crippen LogP contribution in [-0.4, -0.2) is 29.3 Å².